The molecular formula is C12H21NO3. The number of hydrogen-bond acceptors (Lipinski definition) is 2. The highest BCUT2D eigenvalue weighted by Crippen LogP contribution is 2.26. The van der Waals surface area contributed by atoms with E-state index in [1.807, 2.05) is 18.7 Å². The lowest BCUT2D eigenvalue weighted by atomic mass is 9.85. The molecule has 0 aliphatic carbocycles. The third-order valence-corrected chi connectivity index (χ3v) is 2.97. The maximum Gasteiger partial charge on any atom is 0.303 e. The van der Waals surface area contributed by atoms with Crippen molar-refractivity contribution in [3.8, 4) is 0 Å². The van der Waals surface area contributed by atoms with Gasteiger partial charge in [-0.1, -0.05) is 13.8 Å². The van der Waals surface area contributed by atoms with E-state index in [0.717, 1.165) is 25.9 Å². The number of carboxylic acids is 1. The predicted molar refractivity (Wildman–Crippen MR) is 61.1 cm³/mol. The van der Waals surface area contributed by atoms with Crippen molar-refractivity contribution in [1.82, 2.24) is 4.90 Å². The van der Waals surface area contributed by atoms with Crippen LogP contribution in [-0.4, -0.2) is 35.0 Å². The van der Waals surface area contributed by atoms with Gasteiger partial charge in [-0.3, -0.25) is 9.59 Å². The van der Waals surface area contributed by atoms with Gasteiger partial charge in [0, 0.05) is 19.5 Å². The molecule has 1 aliphatic heterocycles. The van der Waals surface area contributed by atoms with Gasteiger partial charge in [-0.15, -0.1) is 0 Å². The highest BCUT2D eigenvalue weighted by atomic mass is 16.4. The summed E-state index contributed by atoms with van der Waals surface area (Å²) in [6.07, 6.45) is 3.73. The number of nitrogens with zero attached hydrogens (tertiary/aromatic N) is 1. The highest BCUT2D eigenvalue weighted by molar-refractivity contribution is 5.78. The van der Waals surface area contributed by atoms with Crippen molar-refractivity contribution in [2.45, 2.75) is 46.0 Å². The zero-order valence-electron chi connectivity index (χ0n) is 10.2. The Bertz CT molecular complexity index is 267. The molecule has 4 heteroatoms. The molecule has 0 unspecified atom stereocenters. The largest absolute Gasteiger partial charge is 0.481 e. The predicted octanol–water partition coefficient (Wildman–Crippen LogP) is 1.89. The number of hydrogen-bond donors (Lipinski definition) is 1. The lowest BCUT2D eigenvalue weighted by Crippen LogP contribution is -2.38. The Labute approximate surface area is 96.6 Å². The average Bonchev–Trinajstić information content (AvgIpc) is 2.16. The first-order valence-corrected chi connectivity index (χ1v) is 5.90. The molecule has 1 saturated heterocycles. The van der Waals surface area contributed by atoms with E-state index in [0.29, 0.717) is 6.42 Å². The van der Waals surface area contributed by atoms with Crippen molar-refractivity contribution in [1.29, 1.82) is 0 Å². The number of carbonyl (C=O) groups excluding carboxylic acids is 1. The Morgan fingerprint density at radius 2 is 1.69 bits per heavy atom. The van der Waals surface area contributed by atoms with Crippen LogP contribution < -0.4 is 0 Å². The average molecular weight is 227 g/mol. The second kappa shape index (κ2) is 5.32. The Morgan fingerprint density at radius 3 is 2.19 bits per heavy atom. The lowest BCUT2D eigenvalue weighted by Gasteiger charge is -2.30. The molecule has 4 nitrogen and oxygen atoms in total. The third-order valence-electron chi connectivity index (χ3n) is 2.97. The van der Waals surface area contributed by atoms with Gasteiger partial charge < -0.3 is 10.0 Å². The highest BCUT2D eigenvalue weighted by Gasteiger charge is 2.28. The molecule has 0 bridgehead atoms. The normalized spacial score (nSPS) is 17.2. The summed E-state index contributed by atoms with van der Waals surface area (Å²) in [6.45, 7) is 5.34. The number of rotatable bonds is 4. The van der Waals surface area contributed by atoms with E-state index in [-0.39, 0.29) is 12.3 Å². The fourth-order valence-corrected chi connectivity index (χ4v) is 2.14. The number of amides is 1. The minimum absolute atomic E-state index is 0.0482. The van der Waals surface area contributed by atoms with Crippen LogP contribution in [0.25, 0.3) is 0 Å². The molecule has 0 aromatic carbocycles. The molecular weight excluding hydrogens is 206 g/mol. The van der Waals surface area contributed by atoms with Gasteiger partial charge in [0.2, 0.25) is 5.91 Å². The Kier molecular flexibility index (Phi) is 4.33. The summed E-state index contributed by atoms with van der Waals surface area (Å²) in [5.74, 6) is -0.734. The van der Waals surface area contributed by atoms with E-state index in [9.17, 15) is 9.59 Å². The van der Waals surface area contributed by atoms with Crippen LogP contribution in [0.3, 0.4) is 0 Å². The number of carbonyl (C=O) groups is 2. The zero-order chi connectivity index (χ0) is 12.2. The number of aliphatic carboxylic acids is 1. The fourth-order valence-electron chi connectivity index (χ4n) is 2.14. The Hall–Kier alpha value is -1.06. The maximum absolute atomic E-state index is 11.9. The van der Waals surface area contributed by atoms with Crippen molar-refractivity contribution in [3.63, 3.8) is 0 Å². The molecule has 1 amide bonds. The van der Waals surface area contributed by atoms with Gasteiger partial charge in [-0.25, -0.2) is 0 Å². The maximum atomic E-state index is 11.9. The summed E-state index contributed by atoms with van der Waals surface area (Å²) in [4.78, 5) is 24.4. The number of carboxylic acid groups (broad SMARTS) is 1. The summed E-state index contributed by atoms with van der Waals surface area (Å²) in [5, 5.41) is 8.75. The van der Waals surface area contributed by atoms with Gasteiger partial charge in [0.15, 0.2) is 0 Å². The van der Waals surface area contributed by atoms with Crippen LogP contribution in [-0.2, 0) is 9.59 Å². The van der Waals surface area contributed by atoms with Gasteiger partial charge in [0.1, 0.15) is 0 Å². The molecule has 1 heterocycles. The Balaban J connectivity index is 2.45. The fraction of sp³-hybridized carbons (Fsp3) is 0.833. The zero-order valence-corrected chi connectivity index (χ0v) is 10.2. The van der Waals surface area contributed by atoms with E-state index in [1.54, 1.807) is 0 Å². The SMILES string of the molecule is CC(C)(CC(=O)O)CC(=O)N1CCCCC1. The van der Waals surface area contributed by atoms with Crippen molar-refractivity contribution in [2.75, 3.05) is 13.1 Å². The number of likely N-dealkylation sites (tertiary alicyclic amines) is 1. The van der Waals surface area contributed by atoms with Gasteiger partial charge in [-0.05, 0) is 24.7 Å². The van der Waals surface area contributed by atoms with Gasteiger partial charge in [0.05, 0.1) is 6.42 Å². The second-order valence-corrected chi connectivity index (χ2v) is 5.35. The van der Waals surface area contributed by atoms with E-state index in [4.69, 9.17) is 5.11 Å². The van der Waals surface area contributed by atoms with E-state index in [1.165, 1.54) is 6.42 Å². The quantitative estimate of drug-likeness (QED) is 0.798. The molecule has 0 aromatic rings. The van der Waals surface area contributed by atoms with Crippen LogP contribution in [0.4, 0.5) is 0 Å². The molecule has 0 atom stereocenters. The summed E-state index contributed by atoms with van der Waals surface area (Å²) in [7, 11) is 0. The van der Waals surface area contributed by atoms with Crippen molar-refractivity contribution in [3.05, 3.63) is 0 Å². The molecule has 1 rings (SSSR count). The molecule has 1 N–H and O–H groups in total. The lowest BCUT2D eigenvalue weighted by molar-refractivity contribution is -0.140. The second-order valence-electron chi connectivity index (χ2n) is 5.35. The van der Waals surface area contributed by atoms with Crippen LogP contribution in [0.5, 0.6) is 0 Å². The number of piperidine rings is 1. The van der Waals surface area contributed by atoms with Gasteiger partial charge in [0.25, 0.3) is 0 Å². The molecule has 1 fully saturated rings. The van der Waals surface area contributed by atoms with E-state index in [2.05, 4.69) is 0 Å². The standard InChI is InChI=1S/C12H21NO3/c1-12(2,9-11(15)16)8-10(14)13-6-4-3-5-7-13/h3-9H2,1-2H3,(H,15,16). The van der Waals surface area contributed by atoms with Gasteiger partial charge >= 0.3 is 5.97 Å². The Morgan fingerprint density at radius 1 is 1.12 bits per heavy atom. The first-order valence-electron chi connectivity index (χ1n) is 5.90. The summed E-state index contributed by atoms with van der Waals surface area (Å²) >= 11 is 0. The minimum Gasteiger partial charge on any atom is -0.481 e. The molecule has 1 aliphatic rings. The van der Waals surface area contributed by atoms with Crippen molar-refractivity contribution >= 4 is 11.9 Å². The summed E-state index contributed by atoms with van der Waals surface area (Å²) in [6, 6.07) is 0. The van der Waals surface area contributed by atoms with Crippen molar-refractivity contribution < 1.29 is 14.7 Å². The van der Waals surface area contributed by atoms with Crippen LogP contribution in [0.15, 0.2) is 0 Å². The molecule has 0 aromatic heterocycles. The molecule has 0 spiro atoms. The molecule has 16 heavy (non-hydrogen) atoms. The smallest absolute Gasteiger partial charge is 0.303 e. The third kappa shape index (κ3) is 4.21. The van der Waals surface area contributed by atoms with Gasteiger partial charge in [-0.2, -0.15) is 0 Å². The summed E-state index contributed by atoms with van der Waals surface area (Å²) < 4.78 is 0. The molecule has 92 valence electrons. The van der Waals surface area contributed by atoms with Crippen LogP contribution in [0.2, 0.25) is 0 Å². The van der Waals surface area contributed by atoms with Crippen LogP contribution in [0, 0.1) is 5.41 Å². The first kappa shape index (κ1) is 13.0. The van der Waals surface area contributed by atoms with Crippen LogP contribution >= 0.6 is 0 Å². The molecule has 0 saturated carbocycles. The minimum atomic E-state index is -0.837. The first-order chi connectivity index (χ1) is 7.41. The topological polar surface area (TPSA) is 57.6 Å². The van der Waals surface area contributed by atoms with Crippen LogP contribution in [0.1, 0.15) is 46.0 Å². The van der Waals surface area contributed by atoms with Crippen molar-refractivity contribution in [2.24, 2.45) is 5.41 Å². The summed E-state index contributed by atoms with van der Waals surface area (Å²) in [5.41, 5.74) is -0.444. The molecule has 0 radical (unpaired) electrons. The van der Waals surface area contributed by atoms with E-state index >= 15 is 0 Å². The van der Waals surface area contributed by atoms with E-state index < -0.39 is 11.4 Å². The monoisotopic (exact) mass is 227 g/mol.